The summed E-state index contributed by atoms with van der Waals surface area (Å²) in [5, 5.41) is 0. The molecule has 0 radical (unpaired) electrons. The lowest BCUT2D eigenvalue weighted by molar-refractivity contribution is 0.413. The molecule has 0 heterocycles. The van der Waals surface area contributed by atoms with Crippen molar-refractivity contribution in [3.05, 3.63) is 0 Å². The van der Waals surface area contributed by atoms with Gasteiger partial charge in [0, 0.05) is 20.2 Å². The lowest BCUT2D eigenvalue weighted by atomic mass is 10.7. The minimum atomic E-state index is -1.03. The summed E-state index contributed by atoms with van der Waals surface area (Å²) in [7, 11) is 0.694. The summed E-state index contributed by atoms with van der Waals surface area (Å²) in [5.41, 5.74) is 5.24. The van der Waals surface area contributed by atoms with Crippen molar-refractivity contribution >= 4 is 9.20 Å². The Bertz CT molecular complexity index is 53.3. The van der Waals surface area contributed by atoms with Gasteiger partial charge < -0.3 is 15.1 Å². The van der Waals surface area contributed by atoms with E-state index in [-0.39, 0.29) is 0 Å². The highest BCUT2D eigenvalue weighted by molar-refractivity contribution is 6.47. The van der Waals surface area contributed by atoms with Crippen LogP contribution >= 0.6 is 0 Å². The van der Waals surface area contributed by atoms with E-state index in [0.29, 0.717) is 6.54 Å². The van der Waals surface area contributed by atoms with Crippen LogP contribution in [0, 0.1) is 0 Å². The van der Waals surface area contributed by atoms with E-state index in [1.165, 1.54) is 0 Å². The van der Waals surface area contributed by atoms with E-state index in [4.69, 9.17) is 10.2 Å². The van der Waals surface area contributed by atoms with Crippen LogP contribution in [0.2, 0.25) is 6.55 Å². The van der Waals surface area contributed by atoms with E-state index in [1.807, 2.05) is 0 Å². The molecule has 0 aromatic heterocycles. The van der Waals surface area contributed by atoms with Gasteiger partial charge in [0.05, 0.1) is 0 Å². The second-order valence-electron chi connectivity index (χ2n) is 1.62. The molecule has 0 fully saturated rings. The molecular weight excluding hydrogens is 120 g/mol. The van der Waals surface area contributed by atoms with E-state index in [2.05, 4.69) is 11.5 Å². The van der Waals surface area contributed by atoms with Crippen LogP contribution in [-0.4, -0.2) is 29.4 Å². The van der Waals surface area contributed by atoms with Gasteiger partial charge in [-0.3, -0.25) is 0 Å². The minimum absolute atomic E-state index is 0.695. The van der Waals surface area contributed by atoms with Gasteiger partial charge in [-0.25, -0.2) is 0 Å². The van der Waals surface area contributed by atoms with Gasteiger partial charge in [-0.2, -0.15) is 0 Å². The van der Waals surface area contributed by atoms with Crippen molar-refractivity contribution in [3.63, 3.8) is 0 Å². The largest absolute Gasteiger partial charge is 0.409 e. The van der Waals surface area contributed by atoms with Crippen LogP contribution in [0.1, 0.15) is 0 Å². The van der Waals surface area contributed by atoms with Crippen LogP contribution in [0.3, 0.4) is 0 Å². The maximum Gasteiger partial charge on any atom is 0.248 e. The lowest BCUT2D eigenvalue weighted by Gasteiger charge is -2.06. The molecule has 3 nitrogen and oxygen atoms in total. The molecule has 1 unspecified atom stereocenters. The Hall–Kier alpha value is 0.0969. The van der Waals surface area contributed by atoms with Crippen LogP contribution in [0.4, 0.5) is 0 Å². The molecule has 50 valence electrons. The Balaban J connectivity index is 2.86. The first-order valence-electron chi connectivity index (χ1n) is 2.77. The highest BCUT2D eigenvalue weighted by Crippen LogP contribution is 1.71. The molecular formula is C4H14N2OSi. The lowest BCUT2D eigenvalue weighted by Crippen LogP contribution is -2.36. The zero-order chi connectivity index (χ0) is 6.41. The van der Waals surface area contributed by atoms with Crippen molar-refractivity contribution in [2.24, 2.45) is 5.73 Å². The number of nitrogens with one attached hydrogen (secondary N) is 1. The van der Waals surface area contributed by atoms with Crippen molar-refractivity contribution in [2.45, 2.75) is 6.55 Å². The molecule has 4 heteroatoms. The molecule has 0 rings (SSSR count). The first kappa shape index (κ1) is 8.10. The zero-order valence-electron chi connectivity index (χ0n) is 5.48. The summed E-state index contributed by atoms with van der Waals surface area (Å²) in [4.78, 5) is 3.17. The van der Waals surface area contributed by atoms with Crippen molar-refractivity contribution in [2.75, 3.05) is 20.2 Å². The van der Waals surface area contributed by atoms with E-state index >= 15 is 0 Å². The van der Waals surface area contributed by atoms with Gasteiger partial charge in [0.2, 0.25) is 9.20 Å². The summed E-state index contributed by atoms with van der Waals surface area (Å²) in [5.74, 6) is 0. The molecule has 8 heavy (non-hydrogen) atoms. The number of hydrogen-bond donors (Lipinski definition) is 2. The Morgan fingerprint density at radius 1 is 1.75 bits per heavy atom. The maximum atomic E-state index is 5.24. The third-order valence-electron chi connectivity index (χ3n) is 0.930. The molecule has 0 amide bonds. The van der Waals surface area contributed by atoms with Crippen molar-refractivity contribution in [1.82, 2.24) is 4.98 Å². The maximum absolute atomic E-state index is 5.24. The summed E-state index contributed by atoms with van der Waals surface area (Å²) in [6.45, 7) is 3.65. The first-order valence-corrected chi connectivity index (χ1v) is 4.98. The predicted octanol–water partition coefficient (Wildman–Crippen LogP) is -0.969. The van der Waals surface area contributed by atoms with E-state index in [1.54, 1.807) is 7.11 Å². The third-order valence-corrected chi connectivity index (χ3v) is 2.50. The fraction of sp³-hybridized carbons (Fsp3) is 1.00. The Kier molecular flexibility index (Phi) is 5.30. The smallest absolute Gasteiger partial charge is 0.248 e. The molecule has 0 saturated carbocycles. The normalized spacial score (nSPS) is 13.9. The van der Waals surface area contributed by atoms with Crippen LogP contribution in [0.15, 0.2) is 0 Å². The molecule has 0 saturated heterocycles. The molecule has 3 N–H and O–H groups in total. The number of nitrogens with two attached hydrogens (primary N) is 1. The molecule has 0 aliphatic heterocycles. The van der Waals surface area contributed by atoms with Gasteiger partial charge in [-0.05, 0) is 6.55 Å². The molecule has 1 atom stereocenters. The van der Waals surface area contributed by atoms with E-state index < -0.39 is 9.20 Å². The highest BCUT2D eigenvalue weighted by atomic mass is 28.3. The second kappa shape index (κ2) is 5.24. The monoisotopic (exact) mass is 134 g/mol. The molecule has 0 aliphatic carbocycles. The average molecular weight is 134 g/mol. The summed E-state index contributed by atoms with van der Waals surface area (Å²) in [6, 6.07) is 0. The highest BCUT2D eigenvalue weighted by Gasteiger charge is 1.96. The molecule has 0 aromatic rings. The van der Waals surface area contributed by atoms with Gasteiger partial charge in [-0.1, -0.05) is 0 Å². The van der Waals surface area contributed by atoms with Gasteiger partial charge in [0.1, 0.15) is 0 Å². The number of hydrogen-bond acceptors (Lipinski definition) is 3. The molecule has 0 bridgehead atoms. The zero-order valence-corrected chi connectivity index (χ0v) is 6.63. The van der Waals surface area contributed by atoms with E-state index in [0.717, 1.165) is 6.54 Å². The van der Waals surface area contributed by atoms with Gasteiger partial charge in [0.15, 0.2) is 0 Å². The van der Waals surface area contributed by atoms with Crippen LogP contribution in [0.25, 0.3) is 0 Å². The summed E-state index contributed by atoms with van der Waals surface area (Å²) >= 11 is 0. The van der Waals surface area contributed by atoms with Crippen molar-refractivity contribution in [3.8, 4) is 0 Å². The van der Waals surface area contributed by atoms with Gasteiger partial charge in [0.25, 0.3) is 0 Å². The fourth-order valence-corrected chi connectivity index (χ4v) is 1.11. The minimum Gasteiger partial charge on any atom is -0.409 e. The van der Waals surface area contributed by atoms with Crippen molar-refractivity contribution in [1.29, 1.82) is 0 Å². The molecule has 0 spiro atoms. The third kappa shape index (κ3) is 4.26. The molecule has 0 aliphatic rings. The van der Waals surface area contributed by atoms with E-state index in [9.17, 15) is 0 Å². The number of rotatable bonds is 4. The Morgan fingerprint density at radius 3 is 2.75 bits per heavy atom. The van der Waals surface area contributed by atoms with Gasteiger partial charge >= 0.3 is 0 Å². The summed E-state index contributed by atoms with van der Waals surface area (Å²) < 4.78 is 5.02. The SMILES string of the molecule is CO[SiH](C)NCCN. The topological polar surface area (TPSA) is 47.3 Å². The van der Waals surface area contributed by atoms with Crippen LogP contribution in [0.5, 0.6) is 0 Å². The van der Waals surface area contributed by atoms with Gasteiger partial charge in [-0.15, -0.1) is 0 Å². The summed E-state index contributed by atoms with van der Waals surface area (Å²) in [6.07, 6.45) is 0. The van der Waals surface area contributed by atoms with Crippen LogP contribution < -0.4 is 10.7 Å². The van der Waals surface area contributed by atoms with Crippen molar-refractivity contribution < 1.29 is 4.43 Å². The van der Waals surface area contributed by atoms with Crippen LogP contribution in [-0.2, 0) is 4.43 Å². The standard InChI is InChI=1S/C4H14N2OSi/c1-7-8(2)6-4-3-5/h6,8H,3-5H2,1-2H3. The Labute approximate surface area is 52.0 Å². The second-order valence-corrected chi connectivity index (χ2v) is 3.78. The molecule has 0 aromatic carbocycles. The quantitative estimate of drug-likeness (QED) is 0.486. The first-order chi connectivity index (χ1) is 3.81. The average Bonchev–Trinajstić information content (AvgIpc) is 1.83. The fourth-order valence-electron chi connectivity index (χ4n) is 0.370. The predicted molar refractivity (Wildman–Crippen MR) is 37.1 cm³/mol. The Morgan fingerprint density at radius 2 is 2.38 bits per heavy atom.